The molecule has 0 aliphatic rings. The predicted molar refractivity (Wildman–Crippen MR) is 142 cm³/mol. The summed E-state index contributed by atoms with van der Waals surface area (Å²) in [6.45, 7) is 11.3. The van der Waals surface area contributed by atoms with Gasteiger partial charge in [-0.3, -0.25) is 14.2 Å². The van der Waals surface area contributed by atoms with Gasteiger partial charge in [0.25, 0.3) is 5.91 Å². The molecule has 0 saturated heterocycles. The Morgan fingerprint density at radius 2 is 1.69 bits per heavy atom. The molecule has 4 N–H and O–H groups in total. The van der Waals surface area contributed by atoms with Gasteiger partial charge in [-0.2, -0.15) is 0 Å². The highest BCUT2D eigenvalue weighted by atomic mass is 16.4. The molecule has 0 aliphatic carbocycles. The van der Waals surface area contributed by atoms with Gasteiger partial charge in [-0.1, -0.05) is 26.0 Å². The van der Waals surface area contributed by atoms with Crippen molar-refractivity contribution in [3.8, 4) is 28.6 Å². The van der Waals surface area contributed by atoms with E-state index in [1.165, 1.54) is 10.6 Å². The van der Waals surface area contributed by atoms with E-state index in [2.05, 4.69) is 31.0 Å². The fourth-order valence-corrected chi connectivity index (χ4v) is 4.15. The molecule has 4 rings (SSSR count). The zero-order valence-corrected chi connectivity index (χ0v) is 22.6. The number of nitrogens with zero attached hydrogens (tertiary/aromatic N) is 5. The number of rotatable bonds is 8. The normalized spacial score (nSPS) is 11.6. The van der Waals surface area contributed by atoms with Crippen LogP contribution in [0.5, 0.6) is 11.5 Å². The van der Waals surface area contributed by atoms with E-state index in [0.717, 1.165) is 5.56 Å². The summed E-state index contributed by atoms with van der Waals surface area (Å²) < 4.78 is 6.76. The standard InChI is InChI=1S/C27H31N7O5/c1-7-28-24(37)23-32-31-22(19-12-18(14(2)3)20(35)13-21(19)36)34(23)17-10-8-16(9-11-17)27(5,6)29-25(38)26-33-30-15(4)39-26/h8-14,35-36H,7H2,1-6H3,(H,28,37)(H,29,38). The van der Waals surface area contributed by atoms with Crippen molar-refractivity contribution < 1.29 is 24.2 Å². The highest BCUT2D eigenvalue weighted by Gasteiger charge is 2.28. The summed E-state index contributed by atoms with van der Waals surface area (Å²) in [5.41, 5.74) is 1.43. The highest BCUT2D eigenvalue weighted by Crippen LogP contribution is 2.38. The van der Waals surface area contributed by atoms with Gasteiger partial charge >= 0.3 is 11.8 Å². The van der Waals surface area contributed by atoms with E-state index in [-0.39, 0.29) is 40.8 Å². The van der Waals surface area contributed by atoms with Gasteiger partial charge in [0, 0.05) is 25.2 Å². The average Bonchev–Trinajstić information content (AvgIpc) is 3.51. The van der Waals surface area contributed by atoms with Gasteiger partial charge in [0.1, 0.15) is 11.5 Å². The van der Waals surface area contributed by atoms with Crippen molar-refractivity contribution in [3.63, 3.8) is 0 Å². The van der Waals surface area contributed by atoms with Crippen LogP contribution in [0.25, 0.3) is 17.1 Å². The molecule has 12 heteroatoms. The summed E-state index contributed by atoms with van der Waals surface area (Å²) in [7, 11) is 0. The Bertz CT molecular complexity index is 1520. The van der Waals surface area contributed by atoms with Crippen LogP contribution >= 0.6 is 0 Å². The van der Waals surface area contributed by atoms with E-state index in [9.17, 15) is 19.8 Å². The summed E-state index contributed by atoms with van der Waals surface area (Å²) in [5, 5.41) is 42.4. The van der Waals surface area contributed by atoms with Crippen molar-refractivity contribution in [2.75, 3.05) is 6.54 Å². The number of hydrogen-bond donors (Lipinski definition) is 4. The zero-order valence-electron chi connectivity index (χ0n) is 22.6. The monoisotopic (exact) mass is 533 g/mol. The maximum atomic E-state index is 12.9. The second kappa shape index (κ2) is 10.6. The van der Waals surface area contributed by atoms with Gasteiger partial charge in [-0.05, 0) is 56.0 Å². The van der Waals surface area contributed by atoms with Gasteiger partial charge in [-0.15, -0.1) is 20.4 Å². The van der Waals surface area contributed by atoms with Crippen LogP contribution in [0, 0.1) is 6.92 Å². The number of nitrogens with one attached hydrogen (secondary N) is 2. The van der Waals surface area contributed by atoms with Crippen molar-refractivity contribution in [1.82, 2.24) is 35.6 Å². The molecule has 0 atom stereocenters. The van der Waals surface area contributed by atoms with Crippen LogP contribution in [-0.4, -0.2) is 53.5 Å². The molecule has 0 spiro atoms. The summed E-state index contributed by atoms with van der Waals surface area (Å²) >= 11 is 0. The lowest BCUT2D eigenvalue weighted by Gasteiger charge is -2.26. The SMILES string of the molecule is CCNC(=O)c1nnc(-c2cc(C(C)C)c(O)cc2O)n1-c1ccc(C(C)(C)NC(=O)c2nnc(C)o2)cc1. The Hall–Kier alpha value is -4.74. The minimum Gasteiger partial charge on any atom is -0.508 e. The van der Waals surface area contributed by atoms with Crippen molar-refractivity contribution in [1.29, 1.82) is 0 Å². The van der Waals surface area contributed by atoms with E-state index in [4.69, 9.17) is 4.42 Å². The lowest BCUT2D eigenvalue weighted by molar-refractivity contribution is 0.0874. The topological polar surface area (TPSA) is 168 Å². The number of phenolic OH excluding ortho intramolecular Hbond substituents is 2. The molecule has 4 aromatic rings. The third kappa shape index (κ3) is 5.44. The van der Waals surface area contributed by atoms with Crippen molar-refractivity contribution in [2.24, 2.45) is 0 Å². The molecular formula is C27H31N7O5. The number of aromatic hydroxyl groups is 2. The molecule has 2 heterocycles. The van der Waals surface area contributed by atoms with E-state index in [0.29, 0.717) is 23.4 Å². The number of aryl methyl sites for hydroxylation is 1. The lowest BCUT2D eigenvalue weighted by Crippen LogP contribution is -2.41. The summed E-state index contributed by atoms with van der Waals surface area (Å²) in [6, 6.07) is 10.0. The minimum atomic E-state index is -0.808. The van der Waals surface area contributed by atoms with Crippen molar-refractivity contribution >= 4 is 11.8 Å². The van der Waals surface area contributed by atoms with Crippen molar-refractivity contribution in [2.45, 2.75) is 53.0 Å². The van der Waals surface area contributed by atoms with Crippen LogP contribution in [0.1, 0.15) is 78.9 Å². The first-order chi connectivity index (χ1) is 18.4. The maximum absolute atomic E-state index is 12.9. The van der Waals surface area contributed by atoms with Crippen LogP contribution in [0.4, 0.5) is 0 Å². The number of benzene rings is 2. The molecule has 0 bridgehead atoms. The summed E-state index contributed by atoms with van der Waals surface area (Å²) in [6.07, 6.45) is 0. The third-order valence-corrected chi connectivity index (χ3v) is 6.20. The lowest BCUT2D eigenvalue weighted by atomic mass is 9.94. The van der Waals surface area contributed by atoms with Gasteiger partial charge < -0.3 is 25.3 Å². The molecule has 0 aliphatic heterocycles. The number of hydrogen-bond acceptors (Lipinski definition) is 9. The van der Waals surface area contributed by atoms with Crippen LogP contribution < -0.4 is 10.6 Å². The third-order valence-electron chi connectivity index (χ3n) is 6.20. The molecule has 0 saturated carbocycles. The van der Waals surface area contributed by atoms with E-state index >= 15 is 0 Å². The molecule has 12 nitrogen and oxygen atoms in total. The highest BCUT2D eigenvalue weighted by molar-refractivity contribution is 5.92. The fourth-order valence-electron chi connectivity index (χ4n) is 4.15. The van der Waals surface area contributed by atoms with Gasteiger partial charge in [0.2, 0.25) is 11.7 Å². The van der Waals surface area contributed by atoms with E-state index in [1.807, 2.05) is 27.7 Å². The van der Waals surface area contributed by atoms with Crippen LogP contribution in [0.2, 0.25) is 0 Å². The van der Waals surface area contributed by atoms with Crippen LogP contribution in [0.3, 0.4) is 0 Å². The molecule has 2 aromatic carbocycles. The smallest absolute Gasteiger partial charge is 0.309 e. The minimum absolute atomic E-state index is 0.0255. The second-order valence-corrected chi connectivity index (χ2v) is 9.88. The van der Waals surface area contributed by atoms with E-state index in [1.54, 1.807) is 44.2 Å². The molecule has 2 amide bonds. The number of aromatic nitrogens is 5. The number of carbonyl (C=O) groups excluding carboxylic acids is 2. The van der Waals surface area contributed by atoms with Gasteiger partial charge in [-0.25, -0.2) is 0 Å². The largest absolute Gasteiger partial charge is 0.508 e. The molecular weight excluding hydrogens is 502 g/mol. The first-order valence-electron chi connectivity index (χ1n) is 12.5. The van der Waals surface area contributed by atoms with Crippen LogP contribution in [0.15, 0.2) is 40.8 Å². The Kier molecular flexibility index (Phi) is 7.39. The fraction of sp³-hybridized carbons (Fsp3) is 0.333. The second-order valence-electron chi connectivity index (χ2n) is 9.88. The quantitative estimate of drug-likeness (QED) is 0.264. The average molecular weight is 534 g/mol. The number of carbonyl (C=O) groups is 2. The number of amides is 2. The first-order valence-corrected chi connectivity index (χ1v) is 12.5. The Balaban J connectivity index is 1.76. The summed E-state index contributed by atoms with van der Waals surface area (Å²) in [5.74, 6) is -0.812. The molecule has 0 fully saturated rings. The van der Waals surface area contributed by atoms with Gasteiger partial charge in [0.15, 0.2) is 5.82 Å². The molecule has 39 heavy (non-hydrogen) atoms. The van der Waals surface area contributed by atoms with Gasteiger partial charge in [0.05, 0.1) is 11.1 Å². The molecule has 0 unspecified atom stereocenters. The molecule has 2 aromatic heterocycles. The summed E-state index contributed by atoms with van der Waals surface area (Å²) in [4.78, 5) is 25.5. The molecule has 204 valence electrons. The predicted octanol–water partition coefficient (Wildman–Crippen LogP) is 3.58. The maximum Gasteiger partial charge on any atom is 0.309 e. The first kappa shape index (κ1) is 27.3. The Morgan fingerprint density at radius 1 is 1.00 bits per heavy atom. The number of phenols is 2. The molecule has 0 radical (unpaired) electrons. The van der Waals surface area contributed by atoms with Crippen molar-refractivity contribution in [3.05, 3.63) is 65.1 Å². The Morgan fingerprint density at radius 3 is 2.28 bits per heavy atom. The zero-order chi connectivity index (χ0) is 28.5. The Labute approximate surface area is 225 Å². The van der Waals surface area contributed by atoms with E-state index < -0.39 is 17.4 Å². The van der Waals surface area contributed by atoms with Crippen LogP contribution in [-0.2, 0) is 5.54 Å².